The molecule has 0 atom stereocenters. The number of carbonyl (C=O) groups is 1. The van der Waals surface area contributed by atoms with Crippen LogP contribution in [0.3, 0.4) is 0 Å². The van der Waals surface area contributed by atoms with E-state index in [1.165, 1.54) is 16.4 Å². The molecule has 0 unspecified atom stereocenters. The highest BCUT2D eigenvalue weighted by Crippen LogP contribution is 2.27. The van der Waals surface area contributed by atoms with Gasteiger partial charge in [0.05, 0.1) is 10.6 Å². The number of hydrogen-bond donors (Lipinski definition) is 2. The molecule has 14 heteroatoms. The van der Waals surface area contributed by atoms with Crippen LogP contribution < -0.4 is 10.0 Å². The Morgan fingerprint density at radius 2 is 1.64 bits per heavy atom. The van der Waals surface area contributed by atoms with Gasteiger partial charge in [0.25, 0.3) is 20.3 Å². The van der Waals surface area contributed by atoms with E-state index in [4.69, 9.17) is 0 Å². The summed E-state index contributed by atoms with van der Waals surface area (Å²) >= 11 is 0.688. The lowest BCUT2D eigenvalue weighted by molar-refractivity contribution is 0.102. The summed E-state index contributed by atoms with van der Waals surface area (Å²) in [5.41, 5.74) is 1.78. The molecule has 0 spiro atoms. The average molecular weight is 551 g/mol. The molecule has 0 radical (unpaired) electrons. The molecular formula is C22H26N6O5S3. The van der Waals surface area contributed by atoms with Crippen LogP contribution in [0, 0.1) is 13.8 Å². The number of piperazine rings is 1. The summed E-state index contributed by atoms with van der Waals surface area (Å²) in [7, 11) is -6.05. The first kappa shape index (κ1) is 26.2. The van der Waals surface area contributed by atoms with Crippen LogP contribution in [0.25, 0.3) is 0 Å². The molecule has 0 saturated carbocycles. The number of aryl methyl sites for hydroxylation is 2. The average Bonchev–Trinajstić information content (AvgIpc) is 3.30. The van der Waals surface area contributed by atoms with Gasteiger partial charge in [-0.3, -0.25) is 14.8 Å². The van der Waals surface area contributed by atoms with Crippen molar-refractivity contribution in [3.63, 3.8) is 0 Å². The van der Waals surface area contributed by atoms with E-state index in [2.05, 4.69) is 20.2 Å². The summed E-state index contributed by atoms with van der Waals surface area (Å²) in [6.45, 7) is 5.39. The van der Waals surface area contributed by atoms with Crippen molar-refractivity contribution >= 4 is 48.1 Å². The fraction of sp³-hybridized carbons (Fsp3) is 0.318. The molecule has 1 aliphatic rings. The number of aromatic nitrogens is 2. The molecule has 3 aromatic rings. The maximum atomic E-state index is 13.2. The third-order valence-electron chi connectivity index (χ3n) is 5.77. The number of nitrogens with zero attached hydrogens (tertiary/aromatic N) is 4. The summed E-state index contributed by atoms with van der Waals surface area (Å²) in [6.07, 6.45) is 0. The Morgan fingerprint density at radius 3 is 2.33 bits per heavy atom. The minimum absolute atomic E-state index is 0.0193. The standard InChI is InChI=1S/C22H26N6O5S3/c1-15-6-4-5-7-18(15)20(29)23-21-24-25-22(34-21)35(30,31)26-17-9-8-16(2)19(14-17)36(32,33)28-12-10-27(3)11-13-28/h4-9,14,26H,10-13H2,1-3H3,(H,23,24,29). The second kappa shape index (κ2) is 10.2. The molecule has 2 N–H and O–H groups in total. The SMILES string of the molecule is Cc1ccccc1C(=O)Nc1nnc(S(=O)(=O)Nc2ccc(C)c(S(=O)(=O)N3CCN(C)CC3)c2)s1. The van der Waals surface area contributed by atoms with E-state index in [0.717, 1.165) is 5.56 Å². The number of benzene rings is 2. The lowest BCUT2D eigenvalue weighted by Gasteiger charge is -2.32. The van der Waals surface area contributed by atoms with Crippen LogP contribution in [0.1, 0.15) is 21.5 Å². The van der Waals surface area contributed by atoms with Gasteiger partial charge in [-0.25, -0.2) is 8.42 Å². The molecule has 192 valence electrons. The van der Waals surface area contributed by atoms with Crippen molar-refractivity contribution in [3.05, 3.63) is 59.2 Å². The lowest BCUT2D eigenvalue weighted by Crippen LogP contribution is -2.47. The van der Waals surface area contributed by atoms with Gasteiger partial charge in [-0.2, -0.15) is 12.7 Å². The Balaban J connectivity index is 1.52. The number of anilines is 2. The highest BCUT2D eigenvalue weighted by Gasteiger charge is 2.30. The van der Waals surface area contributed by atoms with E-state index < -0.39 is 26.0 Å². The molecule has 1 saturated heterocycles. The quantitative estimate of drug-likeness (QED) is 0.426. The van der Waals surface area contributed by atoms with Gasteiger partial charge in [0, 0.05) is 31.7 Å². The molecule has 0 aliphatic carbocycles. The Bertz CT molecular complexity index is 1500. The molecule has 11 nitrogen and oxygen atoms in total. The minimum Gasteiger partial charge on any atom is -0.304 e. The number of nitrogens with one attached hydrogen (secondary N) is 2. The molecular weight excluding hydrogens is 524 g/mol. The van der Waals surface area contributed by atoms with Gasteiger partial charge in [-0.05, 0) is 50.2 Å². The Morgan fingerprint density at radius 1 is 0.944 bits per heavy atom. The highest BCUT2D eigenvalue weighted by atomic mass is 32.2. The number of hydrogen-bond acceptors (Lipinski definition) is 9. The molecule has 1 aromatic heterocycles. The Kier molecular flexibility index (Phi) is 7.43. The van der Waals surface area contributed by atoms with Crippen LogP contribution in [-0.2, 0) is 20.0 Å². The summed E-state index contributed by atoms with van der Waals surface area (Å²) in [5.74, 6) is -0.432. The van der Waals surface area contributed by atoms with E-state index >= 15 is 0 Å². The third kappa shape index (κ3) is 5.57. The lowest BCUT2D eigenvalue weighted by atomic mass is 10.1. The summed E-state index contributed by atoms with van der Waals surface area (Å²) in [6, 6.07) is 11.3. The van der Waals surface area contributed by atoms with E-state index in [1.54, 1.807) is 44.2 Å². The van der Waals surface area contributed by atoms with Gasteiger partial charge < -0.3 is 4.90 Å². The van der Waals surface area contributed by atoms with Crippen LogP contribution in [0.5, 0.6) is 0 Å². The molecule has 1 amide bonds. The maximum absolute atomic E-state index is 13.2. The van der Waals surface area contributed by atoms with E-state index in [9.17, 15) is 21.6 Å². The van der Waals surface area contributed by atoms with Crippen LogP contribution >= 0.6 is 11.3 Å². The molecule has 2 heterocycles. The van der Waals surface area contributed by atoms with E-state index in [0.29, 0.717) is 48.6 Å². The highest BCUT2D eigenvalue weighted by molar-refractivity contribution is 7.94. The van der Waals surface area contributed by atoms with Crippen molar-refractivity contribution in [1.29, 1.82) is 0 Å². The van der Waals surface area contributed by atoms with Crippen LogP contribution in [-0.4, -0.2) is 75.4 Å². The molecule has 1 aliphatic heterocycles. The number of carbonyl (C=O) groups excluding carboxylic acids is 1. The first-order valence-corrected chi connectivity index (χ1v) is 14.7. The monoisotopic (exact) mass is 550 g/mol. The fourth-order valence-electron chi connectivity index (χ4n) is 3.67. The predicted octanol–water partition coefficient (Wildman–Crippen LogP) is 2.14. The zero-order valence-corrected chi connectivity index (χ0v) is 22.4. The number of amides is 1. The molecule has 0 bridgehead atoms. The zero-order valence-electron chi connectivity index (χ0n) is 19.9. The summed E-state index contributed by atoms with van der Waals surface area (Å²) in [5, 5.41) is 10.0. The predicted molar refractivity (Wildman–Crippen MR) is 137 cm³/mol. The summed E-state index contributed by atoms with van der Waals surface area (Å²) < 4.78 is 55.7. The second-order valence-electron chi connectivity index (χ2n) is 8.44. The van der Waals surface area contributed by atoms with E-state index in [-0.39, 0.29) is 20.1 Å². The van der Waals surface area contributed by atoms with E-state index in [1.807, 2.05) is 11.9 Å². The largest absolute Gasteiger partial charge is 0.304 e. The van der Waals surface area contributed by atoms with Gasteiger partial charge >= 0.3 is 0 Å². The smallest absolute Gasteiger partial charge is 0.291 e. The topological polar surface area (TPSA) is 142 Å². The van der Waals surface area contributed by atoms with Crippen molar-refractivity contribution in [2.75, 3.05) is 43.3 Å². The maximum Gasteiger partial charge on any atom is 0.291 e. The summed E-state index contributed by atoms with van der Waals surface area (Å²) in [4.78, 5) is 14.6. The number of rotatable bonds is 7. The first-order chi connectivity index (χ1) is 17.0. The van der Waals surface area contributed by atoms with Crippen molar-refractivity contribution in [1.82, 2.24) is 19.4 Å². The molecule has 1 fully saturated rings. The van der Waals surface area contributed by atoms with Gasteiger partial charge in [-0.15, -0.1) is 10.2 Å². The first-order valence-electron chi connectivity index (χ1n) is 11.0. The van der Waals surface area contributed by atoms with Crippen molar-refractivity contribution in [2.45, 2.75) is 23.1 Å². The fourth-order valence-corrected chi connectivity index (χ4v) is 7.29. The van der Waals surface area contributed by atoms with Crippen molar-refractivity contribution < 1.29 is 21.6 Å². The number of likely N-dealkylation sites (N-methyl/N-ethyl adjacent to an activating group) is 1. The van der Waals surface area contributed by atoms with Crippen LogP contribution in [0.4, 0.5) is 10.8 Å². The molecule has 36 heavy (non-hydrogen) atoms. The minimum atomic E-state index is -4.18. The molecule has 4 rings (SSSR count). The van der Waals surface area contributed by atoms with Crippen LogP contribution in [0.2, 0.25) is 0 Å². The van der Waals surface area contributed by atoms with Crippen LogP contribution in [0.15, 0.2) is 51.7 Å². The Labute approximate surface area is 214 Å². The Hall–Kier alpha value is -2.91. The van der Waals surface area contributed by atoms with Gasteiger partial charge in [0.15, 0.2) is 0 Å². The van der Waals surface area contributed by atoms with Crippen molar-refractivity contribution in [3.8, 4) is 0 Å². The zero-order chi connectivity index (χ0) is 26.1. The van der Waals surface area contributed by atoms with Gasteiger partial charge in [0.1, 0.15) is 0 Å². The number of sulfonamides is 2. The van der Waals surface area contributed by atoms with Gasteiger partial charge in [0.2, 0.25) is 15.2 Å². The molecule has 2 aromatic carbocycles. The normalized spacial score (nSPS) is 15.5. The van der Waals surface area contributed by atoms with Crippen molar-refractivity contribution in [2.24, 2.45) is 0 Å². The third-order valence-corrected chi connectivity index (χ3v) is 10.4. The second-order valence-corrected chi connectivity index (χ2v) is 13.2. The van der Waals surface area contributed by atoms with Gasteiger partial charge in [-0.1, -0.05) is 35.6 Å².